The third-order valence-electron chi connectivity index (χ3n) is 3.19. The molecular weight excluding hydrogens is 283 g/mol. The third-order valence-corrected chi connectivity index (χ3v) is 4.98. The predicted octanol–water partition coefficient (Wildman–Crippen LogP) is 1.57. The monoisotopic (exact) mass is 295 g/mol. The number of hydrogen-bond acceptors (Lipinski definition) is 4. The number of halogens is 3. The van der Waals surface area contributed by atoms with Crippen LogP contribution in [0.5, 0.6) is 0 Å². The smallest absolute Gasteiger partial charge is 0.388 e. The van der Waals surface area contributed by atoms with E-state index in [2.05, 4.69) is 4.98 Å². The summed E-state index contributed by atoms with van der Waals surface area (Å²) in [6, 6.07) is 0.780. The van der Waals surface area contributed by atoms with Gasteiger partial charge in [-0.25, -0.2) is 8.42 Å². The molecule has 8 heteroatoms. The summed E-state index contributed by atoms with van der Waals surface area (Å²) in [4.78, 5) is 3.58. The van der Waals surface area contributed by atoms with Crippen LogP contribution in [0.3, 0.4) is 0 Å². The molecule has 2 unspecified atom stereocenters. The molecule has 4 nitrogen and oxygen atoms in total. The molecule has 1 aliphatic heterocycles. The number of pyridine rings is 1. The van der Waals surface area contributed by atoms with E-state index in [-0.39, 0.29) is 23.5 Å². The van der Waals surface area contributed by atoms with E-state index in [1.807, 2.05) is 0 Å². The fourth-order valence-corrected chi connectivity index (χ4v) is 4.06. The predicted molar refractivity (Wildman–Crippen MR) is 61.0 cm³/mol. The van der Waals surface area contributed by atoms with Crippen LogP contribution in [0.25, 0.3) is 0 Å². The molecule has 0 saturated carbocycles. The maximum Gasteiger partial charge on any atom is 0.416 e. The molecule has 2 heterocycles. The number of alkyl halides is 3. The standard InChI is InChI=1S/C11H12F3NO3S/c12-11(13,14)9-1-3-15-5-8(9)10(16)7-2-4-19(17,18)6-7/h1,3,5,7,10,16H,2,4,6H2. The van der Waals surface area contributed by atoms with Gasteiger partial charge in [-0.2, -0.15) is 13.2 Å². The number of hydrogen-bond donors (Lipinski definition) is 1. The van der Waals surface area contributed by atoms with Gasteiger partial charge in [0, 0.05) is 23.9 Å². The van der Waals surface area contributed by atoms with E-state index < -0.39 is 33.6 Å². The molecule has 0 aliphatic carbocycles. The highest BCUT2D eigenvalue weighted by atomic mass is 32.2. The van der Waals surface area contributed by atoms with Crippen molar-refractivity contribution in [1.29, 1.82) is 0 Å². The van der Waals surface area contributed by atoms with E-state index >= 15 is 0 Å². The first-order valence-electron chi connectivity index (χ1n) is 5.60. The Morgan fingerprint density at radius 3 is 2.63 bits per heavy atom. The molecule has 0 amide bonds. The molecule has 0 bridgehead atoms. The number of aromatic nitrogens is 1. The van der Waals surface area contributed by atoms with Gasteiger partial charge in [-0.05, 0) is 12.5 Å². The van der Waals surface area contributed by atoms with Crippen LogP contribution in [0.4, 0.5) is 13.2 Å². The summed E-state index contributed by atoms with van der Waals surface area (Å²) < 4.78 is 61.0. The minimum atomic E-state index is -4.60. The highest BCUT2D eigenvalue weighted by molar-refractivity contribution is 7.91. The summed E-state index contributed by atoms with van der Waals surface area (Å²) in [5.74, 6) is -1.10. The fraction of sp³-hybridized carbons (Fsp3) is 0.545. The van der Waals surface area contributed by atoms with Crippen LogP contribution >= 0.6 is 0 Å². The van der Waals surface area contributed by atoms with Crippen LogP contribution in [0.1, 0.15) is 23.7 Å². The lowest BCUT2D eigenvalue weighted by atomic mass is 9.93. The maximum absolute atomic E-state index is 12.8. The average molecular weight is 295 g/mol. The quantitative estimate of drug-likeness (QED) is 0.899. The molecule has 106 valence electrons. The van der Waals surface area contributed by atoms with Crippen molar-refractivity contribution in [2.24, 2.45) is 5.92 Å². The van der Waals surface area contributed by atoms with Crippen LogP contribution in [0.2, 0.25) is 0 Å². The molecule has 0 aromatic carbocycles. The van der Waals surface area contributed by atoms with E-state index in [4.69, 9.17) is 0 Å². The lowest BCUT2D eigenvalue weighted by molar-refractivity contribution is -0.139. The summed E-state index contributed by atoms with van der Waals surface area (Å²) in [6.45, 7) is 0. The first-order valence-corrected chi connectivity index (χ1v) is 7.42. The Balaban J connectivity index is 2.32. The van der Waals surface area contributed by atoms with Gasteiger partial charge in [0.1, 0.15) is 0 Å². The molecule has 1 aliphatic rings. The van der Waals surface area contributed by atoms with Gasteiger partial charge < -0.3 is 5.11 Å². The molecule has 0 radical (unpaired) electrons. The third kappa shape index (κ3) is 3.06. The molecule has 19 heavy (non-hydrogen) atoms. The summed E-state index contributed by atoms with van der Waals surface area (Å²) in [7, 11) is -3.26. The lowest BCUT2D eigenvalue weighted by Gasteiger charge is -2.20. The van der Waals surface area contributed by atoms with Gasteiger partial charge in [0.05, 0.1) is 23.2 Å². The maximum atomic E-state index is 12.8. The first kappa shape index (κ1) is 14.3. The molecule has 1 saturated heterocycles. The molecule has 2 rings (SSSR count). The zero-order valence-corrected chi connectivity index (χ0v) is 10.6. The number of sulfone groups is 1. The second-order valence-electron chi connectivity index (χ2n) is 4.57. The second kappa shape index (κ2) is 4.75. The van der Waals surface area contributed by atoms with Gasteiger partial charge in [-0.3, -0.25) is 4.98 Å². The van der Waals surface area contributed by atoms with Crippen molar-refractivity contribution in [3.8, 4) is 0 Å². The number of rotatable bonds is 2. The zero-order valence-electron chi connectivity index (χ0n) is 9.76. The molecule has 1 N–H and O–H groups in total. The molecule has 1 aromatic rings. The Morgan fingerprint density at radius 2 is 2.11 bits per heavy atom. The fourth-order valence-electron chi connectivity index (χ4n) is 2.23. The molecule has 1 fully saturated rings. The Hall–Kier alpha value is -1.15. The average Bonchev–Trinajstić information content (AvgIpc) is 2.68. The van der Waals surface area contributed by atoms with Gasteiger partial charge in [-0.15, -0.1) is 0 Å². The minimum Gasteiger partial charge on any atom is -0.388 e. The van der Waals surface area contributed by atoms with Crippen LogP contribution < -0.4 is 0 Å². The Kier molecular flexibility index (Phi) is 3.57. The topological polar surface area (TPSA) is 67.3 Å². The van der Waals surface area contributed by atoms with Crippen LogP contribution in [0.15, 0.2) is 18.5 Å². The molecule has 0 spiro atoms. The number of aliphatic hydroxyl groups excluding tert-OH is 1. The lowest BCUT2D eigenvalue weighted by Crippen LogP contribution is -2.19. The van der Waals surface area contributed by atoms with Crippen molar-refractivity contribution < 1.29 is 26.7 Å². The first-order chi connectivity index (χ1) is 8.71. The normalized spacial score (nSPS) is 24.3. The Labute approximate surface area is 108 Å². The van der Waals surface area contributed by atoms with Gasteiger partial charge in [-0.1, -0.05) is 0 Å². The summed E-state index contributed by atoms with van der Waals surface area (Å²) in [5.41, 5.74) is -1.34. The summed E-state index contributed by atoms with van der Waals surface area (Å²) >= 11 is 0. The van der Waals surface area contributed by atoms with Crippen molar-refractivity contribution in [3.05, 3.63) is 29.6 Å². The van der Waals surface area contributed by atoms with E-state index in [1.54, 1.807) is 0 Å². The number of nitrogens with zero attached hydrogens (tertiary/aromatic N) is 1. The highest BCUT2D eigenvalue weighted by Crippen LogP contribution is 2.38. The van der Waals surface area contributed by atoms with Gasteiger partial charge in [0.15, 0.2) is 9.84 Å². The van der Waals surface area contributed by atoms with E-state index in [0.29, 0.717) is 0 Å². The van der Waals surface area contributed by atoms with Crippen LogP contribution in [-0.4, -0.2) is 30.0 Å². The summed E-state index contributed by atoms with van der Waals surface area (Å²) in [5, 5.41) is 9.99. The van der Waals surface area contributed by atoms with E-state index in [9.17, 15) is 26.7 Å². The Bertz CT molecular complexity index is 571. The number of aliphatic hydroxyl groups is 1. The van der Waals surface area contributed by atoms with Crippen LogP contribution in [-0.2, 0) is 16.0 Å². The van der Waals surface area contributed by atoms with Gasteiger partial charge >= 0.3 is 6.18 Å². The largest absolute Gasteiger partial charge is 0.416 e. The van der Waals surface area contributed by atoms with Gasteiger partial charge in [0.2, 0.25) is 0 Å². The van der Waals surface area contributed by atoms with Crippen molar-refractivity contribution in [3.63, 3.8) is 0 Å². The highest BCUT2D eigenvalue weighted by Gasteiger charge is 2.39. The van der Waals surface area contributed by atoms with Crippen molar-refractivity contribution in [1.82, 2.24) is 4.98 Å². The Morgan fingerprint density at radius 1 is 1.42 bits per heavy atom. The van der Waals surface area contributed by atoms with Crippen molar-refractivity contribution in [2.75, 3.05) is 11.5 Å². The molecule has 2 atom stereocenters. The van der Waals surface area contributed by atoms with Crippen LogP contribution in [0, 0.1) is 5.92 Å². The molecule has 1 aromatic heterocycles. The van der Waals surface area contributed by atoms with E-state index in [1.165, 1.54) is 0 Å². The molecular formula is C11H12F3NO3S. The minimum absolute atomic E-state index is 0.101. The SMILES string of the molecule is O=S1(=O)CCC(C(O)c2cnccc2C(F)(F)F)C1. The summed E-state index contributed by atoms with van der Waals surface area (Å²) in [6.07, 6.45) is -3.97. The van der Waals surface area contributed by atoms with Crippen molar-refractivity contribution in [2.45, 2.75) is 18.7 Å². The zero-order chi connectivity index (χ0) is 14.3. The van der Waals surface area contributed by atoms with Crippen molar-refractivity contribution >= 4 is 9.84 Å². The van der Waals surface area contributed by atoms with E-state index in [0.717, 1.165) is 18.5 Å². The second-order valence-corrected chi connectivity index (χ2v) is 6.80. The van der Waals surface area contributed by atoms with Gasteiger partial charge in [0.25, 0.3) is 0 Å².